The summed E-state index contributed by atoms with van der Waals surface area (Å²) in [6.45, 7) is 5.81. The summed E-state index contributed by atoms with van der Waals surface area (Å²) in [5, 5.41) is 21.7. The van der Waals surface area contributed by atoms with E-state index in [-0.39, 0.29) is 95.0 Å². The second-order valence-corrected chi connectivity index (χ2v) is 32.7. The molecule has 25 nitrogen and oxygen atoms in total. The van der Waals surface area contributed by atoms with Crippen LogP contribution in [-0.2, 0) is 24.0 Å². The van der Waals surface area contributed by atoms with Gasteiger partial charge in [0.1, 0.15) is 11.6 Å². The van der Waals surface area contributed by atoms with Crippen LogP contribution in [0.4, 0.5) is 4.39 Å². The largest absolute Gasteiger partial charge is 0.497 e. The zero-order chi connectivity index (χ0) is 91.1. The predicted molar refractivity (Wildman–Crippen MR) is 514 cm³/mol. The molecule has 10 aromatic carbocycles. The summed E-state index contributed by atoms with van der Waals surface area (Å²) >= 11 is 6.20. The molecule has 3 aliphatic rings. The number of amides is 6. The van der Waals surface area contributed by atoms with Crippen molar-refractivity contribution in [3.63, 3.8) is 0 Å². The first-order chi connectivity index (χ1) is 62.7. The molecular weight excluding hydrogens is 1640 g/mol. The number of nitrogens with two attached hydrogens (primary N) is 6. The maximum Gasteiger partial charge on any atom is 0.251 e. The Morgan fingerprint density at radius 2 is 0.767 bits per heavy atom. The summed E-state index contributed by atoms with van der Waals surface area (Å²) < 4.78 is 18.8. The molecule has 129 heavy (non-hydrogen) atoms. The maximum absolute atomic E-state index is 14.0. The Kier molecular flexibility index (Phi) is 37.8. The van der Waals surface area contributed by atoms with Crippen molar-refractivity contribution < 1.29 is 37.9 Å². The molecular formula is C102H120ClFN18O7. The zero-order valence-electron chi connectivity index (χ0n) is 73.0. The zero-order valence-corrected chi connectivity index (χ0v) is 73.8. The van der Waals surface area contributed by atoms with Gasteiger partial charge in [0.25, 0.3) is 5.91 Å². The van der Waals surface area contributed by atoms with Crippen LogP contribution in [0.1, 0.15) is 130 Å². The number of carbonyl (C=O) groups is 6. The van der Waals surface area contributed by atoms with Gasteiger partial charge in [0.05, 0.1) is 25.2 Å². The standard InChI is InChI=1S/C35H39FN6O2.C34H42N6O3.C33H39ClN6O2/c36-29-16-15-26-20-28(14-13-27(26)21-29)33(43)40-22-30-17-19-42(34(44)32(41-30)12-7-18-39-35(37)38)23-31(24-8-3-1-4-9-24)25-10-5-2-6-11-25;1-43-29-17-14-25(15-18-29)16-19-32(41)38-23-28-20-22-40(33(42)31(39-28)13-8-21-37-34(35)36)24-30(26-9-4-2-5-10-26)27-11-6-3-7-12-27;34-29-15-8-7-14-26(29)17-18-31(41)38-22-27-19-21-40(32(42)30(39-27)16-9-20-37-33(35)36)23-28(24-10-3-1-4-11-24)25-12-5-2-6-13-25/h1-6,8-11,13-16,20-21,30-32,41H,7,12,17-19,22-23H2,(H,40,43)(H4,37,38,39);2-7,9-12,14-19,28,30-31,39H,8,13,20-24H2,1H3,(H,38,41)(H4,35,36,37);1-8,10-15,17-18,27-28,30,39H,9,16,19-23H2,(H,38,41)(H4,35,36,37)/b;19-16+;18-17+/t30-,32-;28-,31-;27-,30-/m000/s1. The van der Waals surface area contributed by atoms with E-state index in [9.17, 15) is 33.2 Å². The van der Waals surface area contributed by atoms with Crippen LogP contribution in [0.3, 0.4) is 0 Å². The number of hydrogen-bond donors (Lipinski definition) is 12. The van der Waals surface area contributed by atoms with Crippen LogP contribution in [0.2, 0.25) is 5.02 Å². The summed E-state index contributed by atoms with van der Waals surface area (Å²) in [4.78, 5) is 98.3. The number of methoxy groups -OCH3 is 1. The number of ether oxygens (including phenoxy) is 1. The van der Waals surface area contributed by atoms with Gasteiger partial charge in [0, 0.05) is 137 Å². The fraction of sp³-hybridized carbons (Fsp3) is 0.304. The Balaban J connectivity index is 0.000000187. The first-order valence-electron chi connectivity index (χ1n) is 44.1. The van der Waals surface area contributed by atoms with Gasteiger partial charge in [-0.2, -0.15) is 0 Å². The smallest absolute Gasteiger partial charge is 0.251 e. The van der Waals surface area contributed by atoms with E-state index in [1.807, 2.05) is 166 Å². The van der Waals surface area contributed by atoms with Crippen LogP contribution in [-0.4, -0.2) is 190 Å². The number of aliphatic imine (C=N–C) groups is 3. The number of guanidine groups is 3. The van der Waals surface area contributed by atoms with Gasteiger partial charge < -0.3 is 85.7 Å². The van der Waals surface area contributed by atoms with Crippen LogP contribution in [0.15, 0.2) is 294 Å². The Labute approximate surface area is 760 Å². The van der Waals surface area contributed by atoms with Gasteiger partial charge in [-0.3, -0.25) is 43.7 Å². The second kappa shape index (κ2) is 50.7. The van der Waals surface area contributed by atoms with Crippen molar-refractivity contribution in [1.82, 2.24) is 46.6 Å². The van der Waals surface area contributed by atoms with E-state index in [2.05, 4.69) is 120 Å². The molecule has 13 rings (SSSR count). The number of hydrogen-bond acceptors (Lipinski definition) is 13. The highest BCUT2D eigenvalue weighted by Gasteiger charge is 2.37. The van der Waals surface area contributed by atoms with Crippen LogP contribution in [0.25, 0.3) is 22.9 Å². The molecule has 18 N–H and O–H groups in total. The van der Waals surface area contributed by atoms with Crippen molar-refractivity contribution in [3.8, 4) is 5.75 Å². The second-order valence-electron chi connectivity index (χ2n) is 32.3. The van der Waals surface area contributed by atoms with Gasteiger partial charge in [-0.15, -0.1) is 0 Å². The molecule has 6 amide bonds. The number of rotatable bonds is 36. The third kappa shape index (κ3) is 30.9. The van der Waals surface area contributed by atoms with E-state index < -0.39 is 18.1 Å². The molecule has 3 heterocycles. The minimum absolute atomic E-state index is 0.0151. The highest BCUT2D eigenvalue weighted by molar-refractivity contribution is 6.32. The lowest BCUT2D eigenvalue weighted by Crippen LogP contribution is -2.49. The third-order valence-corrected chi connectivity index (χ3v) is 23.5. The minimum Gasteiger partial charge on any atom is -0.497 e. The highest BCUT2D eigenvalue weighted by Crippen LogP contribution is 2.32. The molecule has 0 saturated carbocycles. The van der Waals surface area contributed by atoms with Crippen molar-refractivity contribution in [1.29, 1.82) is 0 Å². The van der Waals surface area contributed by atoms with Gasteiger partial charge in [-0.25, -0.2) is 4.39 Å². The Bertz CT molecular complexity index is 5250. The van der Waals surface area contributed by atoms with Crippen LogP contribution < -0.4 is 71.0 Å². The maximum atomic E-state index is 14.0. The van der Waals surface area contributed by atoms with Crippen LogP contribution in [0, 0.1) is 5.82 Å². The number of nitrogens with one attached hydrogen (secondary N) is 6. The molecule has 0 unspecified atom stereocenters. The summed E-state index contributed by atoms with van der Waals surface area (Å²) in [5.74, 6) is 0.127. The number of halogens is 2. The molecule has 6 atom stereocenters. The average molecular weight is 1760 g/mol. The van der Waals surface area contributed by atoms with E-state index >= 15 is 0 Å². The normalized spacial score (nSPS) is 17.1. The molecule has 0 bridgehead atoms. The molecule has 0 spiro atoms. The van der Waals surface area contributed by atoms with Crippen molar-refractivity contribution in [3.05, 3.63) is 340 Å². The van der Waals surface area contributed by atoms with Crippen molar-refractivity contribution in [2.45, 2.75) is 112 Å². The quantitative estimate of drug-likeness (QED) is 0.00751. The first-order valence-corrected chi connectivity index (χ1v) is 44.5. The lowest BCUT2D eigenvalue weighted by Gasteiger charge is -2.29. The molecule has 3 fully saturated rings. The highest BCUT2D eigenvalue weighted by atomic mass is 35.5. The average Bonchev–Trinajstić information content (AvgIpc) is 1.75. The first kappa shape index (κ1) is 96.1. The van der Waals surface area contributed by atoms with E-state index in [0.29, 0.717) is 147 Å². The van der Waals surface area contributed by atoms with E-state index in [4.69, 9.17) is 50.7 Å². The monoisotopic (exact) mass is 1760 g/mol. The third-order valence-electron chi connectivity index (χ3n) is 23.1. The predicted octanol–water partition coefficient (Wildman–Crippen LogP) is 11.3. The van der Waals surface area contributed by atoms with Crippen LogP contribution >= 0.6 is 11.6 Å². The van der Waals surface area contributed by atoms with E-state index in [1.165, 1.54) is 24.3 Å². The molecule has 10 aromatic rings. The van der Waals surface area contributed by atoms with E-state index in [0.717, 1.165) is 61.0 Å². The summed E-state index contributed by atoms with van der Waals surface area (Å²) in [5.41, 5.74) is 42.1. The molecule has 3 aliphatic heterocycles. The van der Waals surface area contributed by atoms with Gasteiger partial charge in [0.2, 0.25) is 29.5 Å². The molecule has 0 aliphatic carbocycles. The van der Waals surface area contributed by atoms with Crippen molar-refractivity contribution in [2.24, 2.45) is 49.4 Å². The lowest BCUT2D eigenvalue weighted by molar-refractivity contribution is -0.133. The van der Waals surface area contributed by atoms with E-state index in [1.54, 1.807) is 49.6 Å². The van der Waals surface area contributed by atoms with Gasteiger partial charge in [-0.1, -0.05) is 236 Å². The van der Waals surface area contributed by atoms with Crippen molar-refractivity contribution >= 4 is 87.8 Å². The minimum atomic E-state index is -0.448. The Morgan fingerprint density at radius 3 is 1.12 bits per heavy atom. The molecule has 674 valence electrons. The van der Waals surface area contributed by atoms with Gasteiger partial charge in [0.15, 0.2) is 17.9 Å². The fourth-order valence-electron chi connectivity index (χ4n) is 16.3. The fourth-order valence-corrected chi connectivity index (χ4v) is 16.5. The summed E-state index contributed by atoms with van der Waals surface area (Å²) in [7, 11) is 1.62. The molecule has 0 aromatic heterocycles. The van der Waals surface area contributed by atoms with Gasteiger partial charge in [-0.05, 0) is 168 Å². The number of fused-ring (bicyclic) bond motifs is 1. The SMILES string of the molecule is COc1ccc(/C=C/C(=O)NC[C@@H]2CCN(CC(c3ccccc3)c3ccccc3)C(=O)[C@H](CCCN=C(N)N)N2)cc1.NC(N)=NCCC[C@@H]1N[C@H](CNC(=O)/C=C/c2ccccc2Cl)CCN(CC(c2ccccc2)c2ccccc2)C1=O.NC(N)=NCCC[C@@H]1N[C@H](CNC(=O)c2ccc3cc(F)ccc3c2)CCN(CC(c2ccccc2)c2ccccc2)C1=O. The Morgan fingerprint density at radius 1 is 0.434 bits per heavy atom. The number of nitrogens with zero attached hydrogens (tertiary/aromatic N) is 6. The number of benzene rings is 10. The topological polar surface area (TPSA) is 387 Å². The summed E-state index contributed by atoms with van der Waals surface area (Å²) in [6.07, 6.45) is 12.2. The van der Waals surface area contributed by atoms with Crippen molar-refractivity contribution in [2.75, 3.05) is 85.6 Å². The van der Waals surface area contributed by atoms with Crippen LogP contribution in [0.5, 0.6) is 5.75 Å². The Hall–Kier alpha value is -13.5. The lowest BCUT2D eigenvalue weighted by atomic mass is 9.90. The summed E-state index contributed by atoms with van der Waals surface area (Å²) in [6, 6.07) is 84.6. The molecule has 3 saturated heterocycles. The number of carbonyl (C=O) groups excluding carboxylic acids is 6. The molecule has 27 heteroatoms. The van der Waals surface area contributed by atoms with Gasteiger partial charge >= 0.3 is 0 Å². The molecule has 0 radical (unpaired) electrons.